The van der Waals surface area contributed by atoms with E-state index in [1.807, 2.05) is 31.2 Å². The zero-order valence-electron chi connectivity index (χ0n) is 20.8. The third-order valence-electron chi connectivity index (χ3n) is 7.45. The molecular formula is C29H32N2O3S. The van der Waals surface area contributed by atoms with Crippen LogP contribution in [0.1, 0.15) is 86.8 Å². The number of anilines is 1. The maximum absolute atomic E-state index is 13.9. The number of hydrogen-bond acceptors (Lipinski definition) is 5. The molecule has 3 aliphatic rings. The van der Waals surface area contributed by atoms with E-state index in [4.69, 9.17) is 4.74 Å². The normalized spacial score (nSPS) is 21.8. The van der Waals surface area contributed by atoms with Gasteiger partial charge in [-0.2, -0.15) is 5.26 Å². The Hall–Kier alpha value is -2.91. The number of para-hydroxylation sites is 1. The maximum Gasteiger partial charge on any atom is 0.232 e. The first-order chi connectivity index (χ1) is 16.8. The number of ether oxygens (including phenoxy) is 1. The van der Waals surface area contributed by atoms with E-state index >= 15 is 0 Å². The van der Waals surface area contributed by atoms with E-state index < -0.39 is 0 Å². The van der Waals surface area contributed by atoms with Crippen molar-refractivity contribution < 1.29 is 14.3 Å². The molecule has 5 rings (SSSR count). The van der Waals surface area contributed by atoms with Crippen LogP contribution in [0.2, 0.25) is 0 Å². The molecular weight excluding hydrogens is 456 g/mol. The zero-order valence-corrected chi connectivity index (χ0v) is 21.6. The second-order valence-electron chi connectivity index (χ2n) is 10.6. The smallest absolute Gasteiger partial charge is 0.232 e. The topological polar surface area (TPSA) is 70.4 Å². The number of fused-ring (bicyclic) bond motifs is 1. The quantitative estimate of drug-likeness (QED) is 0.464. The fourth-order valence-corrected chi connectivity index (χ4v) is 7.35. The van der Waals surface area contributed by atoms with Gasteiger partial charge in [-0.1, -0.05) is 38.5 Å². The summed E-state index contributed by atoms with van der Waals surface area (Å²) in [5.41, 5.74) is 3.90. The van der Waals surface area contributed by atoms with Crippen molar-refractivity contribution in [3.05, 3.63) is 57.1 Å². The lowest BCUT2D eigenvalue weighted by molar-refractivity contribution is -0.120. The number of carbonyl (C=O) groups is 2. The molecule has 1 aromatic heterocycles. The average Bonchev–Trinajstić information content (AvgIpc) is 2.98. The minimum atomic E-state index is -0.330. The van der Waals surface area contributed by atoms with Gasteiger partial charge in [0.2, 0.25) is 5.91 Å². The first-order valence-corrected chi connectivity index (χ1v) is 13.5. The summed E-state index contributed by atoms with van der Waals surface area (Å²) >= 11 is 1.59. The minimum absolute atomic E-state index is 0.0431. The van der Waals surface area contributed by atoms with Crippen molar-refractivity contribution in [2.75, 3.05) is 11.5 Å². The Morgan fingerprint density at radius 3 is 2.69 bits per heavy atom. The summed E-state index contributed by atoms with van der Waals surface area (Å²) in [6.45, 7) is 6.63. The van der Waals surface area contributed by atoms with E-state index in [2.05, 4.69) is 19.9 Å². The van der Waals surface area contributed by atoms with Gasteiger partial charge in [0.05, 0.1) is 12.2 Å². The van der Waals surface area contributed by atoms with Gasteiger partial charge in [-0.3, -0.25) is 14.5 Å². The third kappa shape index (κ3) is 4.21. The number of aryl methyl sites for hydroxylation is 1. The van der Waals surface area contributed by atoms with Crippen molar-refractivity contribution in [3.63, 3.8) is 0 Å². The highest BCUT2D eigenvalue weighted by Gasteiger charge is 2.46. The van der Waals surface area contributed by atoms with Crippen LogP contribution in [0.5, 0.6) is 5.75 Å². The molecule has 2 aliphatic carbocycles. The molecule has 0 unspecified atom stereocenters. The monoisotopic (exact) mass is 488 g/mol. The molecule has 1 aliphatic heterocycles. The van der Waals surface area contributed by atoms with Crippen molar-refractivity contribution in [3.8, 4) is 11.8 Å². The third-order valence-corrected chi connectivity index (χ3v) is 8.73. The molecule has 2 heterocycles. The van der Waals surface area contributed by atoms with Gasteiger partial charge in [-0.15, -0.1) is 11.3 Å². The van der Waals surface area contributed by atoms with Crippen LogP contribution in [0.4, 0.5) is 5.00 Å². The second kappa shape index (κ2) is 9.28. The molecule has 2 aromatic rings. The molecule has 0 radical (unpaired) electrons. The summed E-state index contributed by atoms with van der Waals surface area (Å²) in [5, 5.41) is 10.9. The molecule has 6 heteroatoms. The number of nitriles is 1. The molecule has 0 saturated carbocycles. The van der Waals surface area contributed by atoms with Crippen LogP contribution in [0.25, 0.3) is 0 Å². The van der Waals surface area contributed by atoms with Gasteiger partial charge in [0.1, 0.15) is 16.8 Å². The van der Waals surface area contributed by atoms with Gasteiger partial charge in [-0.05, 0) is 56.1 Å². The van der Waals surface area contributed by atoms with Crippen LogP contribution in [0.3, 0.4) is 0 Å². The Bertz CT molecular complexity index is 1260. The fraction of sp³-hybridized carbons (Fsp3) is 0.483. The molecule has 182 valence electrons. The van der Waals surface area contributed by atoms with E-state index in [0.29, 0.717) is 25.0 Å². The highest BCUT2D eigenvalue weighted by Crippen LogP contribution is 2.51. The van der Waals surface area contributed by atoms with Crippen molar-refractivity contribution in [1.82, 2.24) is 0 Å². The summed E-state index contributed by atoms with van der Waals surface area (Å²) in [6, 6.07) is 10.2. The Morgan fingerprint density at radius 1 is 1.14 bits per heavy atom. The minimum Gasteiger partial charge on any atom is -0.494 e. The van der Waals surface area contributed by atoms with E-state index in [9.17, 15) is 14.9 Å². The first kappa shape index (κ1) is 23.8. The largest absolute Gasteiger partial charge is 0.494 e. The van der Waals surface area contributed by atoms with Crippen LogP contribution in [0, 0.1) is 16.7 Å². The maximum atomic E-state index is 13.9. The van der Waals surface area contributed by atoms with Gasteiger partial charge in [0.15, 0.2) is 5.78 Å². The molecule has 0 N–H and O–H groups in total. The Kier molecular flexibility index (Phi) is 6.31. The van der Waals surface area contributed by atoms with Crippen LogP contribution in [-0.4, -0.2) is 18.3 Å². The SMILES string of the molecule is CCOc1ccccc1[C@@H]1CC(=O)N(c2sc3c(c2C#N)CCCCC3)C2=C1C(=O)CC(C)(C)C2. The number of nitrogens with zero attached hydrogens (tertiary/aromatic N) is 2. The lowest BCUT2D eigenvalue weighted by Crippen LogP contribution is -2.43. The number of Topliss-reactive ketones (excluding diaryl/α,β-unsaturated/α-hetero) is 1. The van der Waals surface area contributed by atoms with Crippen molar-refractivity contribution in [2.24, 2.45) is 5.41 Å². The van der Waals surface area contributed by atoms with Gasteiger partial charge in [0.25, 0.3) is 0 Å². The van der Waals surface area contributed by atoms with E-state index in [-0.39, 0.29) is 29.4 Å². The summed E-state index contributed by atoms with van der Waals surface area (Å²) in [4.78, 5) is 30.6. The number of thiophene rings is 1. The predicted octanol–water partition coefficient (Wildman–Crippen LogP) is 6.45. The van der Waals surface area contributed by atoms with Crippen molar-refractivity contribution >= 4 is 28.0 Å². The van der Waals surface area contributed by atoms with Gasteiger partial charge in [-0.25, -0.2) is 0 Å². The fourth-order valence-electron chi connectivity index (χ4n) is 5.97. The van der Waals surface area contributed by atoms with Gasteiger partial charge in [0, 0.05) is 40.5 Å². The second-order valence-corrected chi connectivity index (χ2v) is 11.7. The molecule has 5 nitrogen and oxygen atoms in total. The van der Waals surface area contributed by atoms with Crippen LogP contribution < -0.4 is 9.64 Å². The van der Waals surface area contributed by atoms with E-state index in [1.54, 1.807) is 16.2 Å². The molecule has 1 atom stereocenters. The van der Waals surface area contributed by atoms with E-state index in [1.165, 1.54) is 11.3 Å². The molecule has 0 bridgehead atoms. The van der Waals surface area contributed by atoms with Gasteiger partial charge >= 0.3 is 0 Å². The Labute approximate surface area is 211 Å². The lowest BCUT2D eigenvalue weighted by atomic mass is 9.69. The number of benzene rings is 1. The van der Waals surface area contributed by atoms with Crippen LogP contribution in [-0.2, 0) is 22.4 Å². The highest BCUT2D eigenvalue weighted by atomic mass is 32.1. The zero-order chi connectivity index (χ0) is 24.7. The standard InChI is InChI=1S/C29H32N2O3S/c1-4-34-24-12-9-8-10-18(24)20-14-26(33)31(22-15-29(2,3)16-23(32)27(20)22)28-21(17-30)19-11-6-5-7-13-25(19)35-28/h8-10,12,20H,4-7,11,13-16H2,1-3H3/t20-/m0/s1. The van der Waals surface area contributed by atoms with Crippen LogP contribution in [0.15, 0.2) is 35.5 Å². The Balaban J connectivity index is 1.70. The number of rotatable bonds is 4. The Morgan fingerprint density at radius 2 is 1.91 bits per heavy atom. The molecule has 1 amide bonds. The number of allylic oxidation sites excluding steroid dienone is 2. The molecule has 35 heavy (non-hydrogen) atoms. The summed E-state index contributed by atoms with van der Waals surface area (Å²) < 4.78 is 5.90. The molecule has 0 saturated heterocycles. The summed E-state index contributed by atoms with van der Waals surface area (Å²) in [7, 11) is 0. The van der Waals surface area contributed by atoms with Crippen molar-refractivity contribution in [1.29, 1.82) is 5.26 Å². The number of amides is 1. The lowest BCUT2D eigenvalue weighted by Gasteiger charge is -2.42. The first-order valence-electron chi connectivity index (χ1n) is 12.7. The van der Waals surface area contributed by atoms with E-state index in [0.717, 1.165) is 58.8 Å². The van der Waals surface area contributed by atoms with Crippen LogP contribution >= 0.6 is 11.3 Å². The van der Waals surface area contributed by atoms with Crippen molar-refractivity contribution in [2.45, 2.75) is 78.1 Å². The number of hydrogen-bond donors (Lipinski definition) is 0. The molecule has 0 spiro atoms. The molecule has 0 fully saturated rings. The number of ketones is 1. The molecule has 1 aromatic carbocycles. The predicted molar refractivity (Wildman–Crippen MR) is 138 cm³/mol. The summed E-state index contributed by atoms with van der Waals surface area (Å²) in [5.74, 6) is 0.454. The van der Waals surface area contributed by atoms with Gasteiger partial charge < -0.3 is 4.74 Å². The number of carbonyl (C=O) groups excluding carboxylic acids is 2. The summed E-state index contributed by atoms with van der Waals surface area (Å²) in [6.07, 6.45) is 6.47. The highest BCUT2D eigenvalue weighted by molar-refractivity contribution is 7.16. The average molecular weight is 489 g/mol.